The predicted molar refractivity (Wildman–Crippen MR) is 102 cm³/mol. The van der Waals surface area contributed by atoms with Crippen LogP contribution in [0.1, 0.15) is 53.4 Å². The van der Waals surface area contributed by atoms with Gasteiger partial charge < -0.3 is 14.6 Å². The molecule has 0 aromatic rings. The summed E-state index contributed by atoms with van der Waals surface area (Å²) in [6, 6.07) is 0. The summed E-state index contributed by atoms with van der Waals surface area (Å²) in [6.07, 6.45) is 2.43. The molecule has 1 aliphatic heterocycles. The Morgan fingerprint density at radius 3 is 2.67 bits per heavy atom. The van der Waals surface area contributed by atoms with E-state index in [1.807, 2.05) is 6.92 Å². The zero-order valence-electron chi connectivity index (χ0n) is 16.9. The Labute approximate surface area is 161 Å². The Hall–Kier alpha value is -1.62. The van der Waals surface area contributed by atoms with Crippen molar-refractivity contribution in [1.82, 2.24) is 0 Å². The van der Waals surface area contributed by atoms with Crippen LogP contribution in [0.3, 0.4) is 0 Å². The monoisotopic (exact) mass is 376 g/mol. The van der Waals surface area contributed by atoms with E-state index in [9.17, 15) is 14.7 Å². The van der Waals surface area contributed by atoms with Gasteiger partial charge in [-0.05, 0) is 61.9 Å². The van der Waals surface area contributed by atoms with E-state index in [4.69, 9.17) is 9.47 Å². The number of esters is 2. The van der Waals surface area contributed by atoms with Gasteiger partial charge in [0.05, 0.1) is 6.10 Å². The summed E-state index contributed by atoms with van der Waals surface area (Å²) >= 11 is 0. The summed E-state index contributed by atoms with van der Waals surface area (Å²) in [5, 5.41) is 10.1. The first kappa shape index (κ1) is 20.1. The van der Waals surface area contributed by atoms with Gasteiger partial charge in [0, 0.05) is 18.4 Å². The van der Waals surface area contributed by atoms with Crippen LogP contribution in [0.15, 0.2) is 23.3 Å². The minimum absolute atomic E-state index is 0.0447. The second-order valence-corrected chi connectivity index (χ2v) is 8.82. The van der Waals surface area contributed by atoms with Crippen LogP contribution in [0.4, 0.5) is 0 Å². The third-order valence-electron chi connectivity index (χ3n) is 6.67. The summed E-state index contributed by atoms with van der Waals surface area (Å²) in [7, 11) is 0. The molecule has 0 aromatic carbocycles. The maximum atomic E-state index is 12.4. The molecule has 3 rings (SSSR count). The van der Waals surface area contributed by atoms with Gasteiger partial charge >= 0.3 is 11.9 Å². The van der Waals surface area contributed by atoms with Gasteiger partial charge in [-0.2, -0.15) is 0 Å². The Morgan fingerprint density at radius 1 is 1.33 bits per heavy atom. The summed E-state index contributed by atoms with van der Waals surface area (Å²) in [4.78, 5) is 24.2. The standard InChI is InChI=1S/C22H32O5/c1-11(2)18(24)7-6-12(3)20-17-10-26-22(25)21(17)16-9-15(16)13(4)8-19(20)27-14(5)23/h12-13,15-16,18-20,24H,1,6-10H2,2-5H3. The number of carbonyl (C=O) groups is 2. The largest absolute Gasteiger partial charge is 0.462 e. The normalized spacial score (nSPS) is 34.6. The Bertz CT molecular complexity index is 664. The highest BCUT2D eigenvalue weighted by molar-refractivity contribution is 5.93. The van der Waals surface area contributed by atoms with E-state index in [2.05, 4.69) is 20.4 Å². The van der Waals surface area contributed by atoms with E-state index >= 15 is 0 Å². The molecular formula is C22H32O5. The number of aliphatic hydroxyl groups excluding tert-OH is 1. The molecule has 5 heteroatoms. The van der Waals surface area contributed by atoms with Gasteiger partial charge in [-0.25, -0.2) is 4.79 Å². The highest BCUT2D eigenvalue weighted by Crippen LogP contribution is 2.56. The number of ether oxygens (including phenoxy) is 2. The lowest BCUT2D eigenvalue weighted by atomic mass is 9.73. The Morgan fingerprint density at radius 2 is 2.04 bits per heavy atom. The molecule has 27 heavy (non-hydrogen) atoms. The van der Waals surface area contributed by atoms with Gasteiger partial charge in [0.15, 0.2) is 0 Å². The highest BCUT2D eigenvalue weighted by Gasteiger charge is 2.53. The number of rotatable bonds is 6. The van der Waals surface area contributed by atoms with E-state index < -0.39 is 6.10 Å². The van der Waals surface area contributed by atoms with Crippen molar-refractivity contribution in [3.63, 3.8) is 0 Å². The minimum Gasteiger partial charge on any atom is -0.462 e. The molecule has 0 saturated heterocycles. The molecule has 0 bridgehead atoms. The second kappa shape index (κ2) is 7.78. The molecule has 0 aromatic heterocycles. The van der Waals surface area contributed by atoms with Crippen LogP contribution in [-0.2, 0) is 19.1 Å². The first-order chi connectivity index (χ1) is 12.7. The number of aliphatic hydroxyl groups is 1. The number of hydrogen-bond donors (Lipinski definition) is 1. The molecule has 1 N–H and O–H groups in total. The quantitative estimate of drug-likeness (QED) is 0.568. The van der Waals surface area contributed by atoms with Crippen LogP contribution in [0, 0.1) is 29.6 Å². The van der Waals surface area contributed by atoms with Crippen LogP contribution >= 0.6 is 0 Å². The Kier molecular flexibility index (Phi) is 5.80. The van der Waals surface area contributed by atoms with Crippen LogP contribution in [-0.4, -0.2) is 35.9 Å². The maximum Gasteiger partial charge on any atom is 0.334 e. The lowest BCUT2D eigenvalue weighted by Crippen LogP contribution is -2.36. The lowest BCUT2D eigenvalue weighted by molar-refractivity contribution is -0.150. The third-order valence-corrected chi connectivity index (χ3v) is 6.67. The first-order valence-electron chi connectivity index (χ1n) is 10.1. The summed E-state index contributed by atoms with van der Waals surface area (Å²) in [5.41, 5.74) is 2.63. The van der Waals surface area contributed by atoms with Crippen molar-refractivity contribution in [2.75, 3.05) is 6.61 Å². The van der Waals surface area contributed by atoms with E-state index in [1.54, 1.807) is 0 Å². The van der Waals surface area contributed by atoms with Crippen molar-refractivity contribution in [3.05, 3.63) is 23.3 Å². The molecule has 1 saturated carbocycles. The fraction of sp³-hybridized carbons (Fsp3) is 0.727. The zero-order valence-corrected chi connectivity index (χ0v) is 16.9. The lowest BCUT2D eigenvalue weighted by Gasteiger charge is -2.35. The van der Waals surface area contributed by atoms with Gasteiger partial charge in [0.2, 0.25) is 0 Å². The van der Waals surface area contributed by atoms with Gasteiger partial charge in [-0.15, -0.1) is 0 Å². The molecule has 0 radical (unpaired) electrons. The Balaban J connectivity index is 1.91. The molecule has 1 fully saturated rings. The van der Waals surface area contributed by atoms with Crippen molar-refractivity contribution >= 4 is 11.9 Å². The van der Waals surface area contributed by atoms with E-state index in [-0.39, 0.29) is 29.9 Å². The second-order valence-electron chi connectivity index (χ2n) is 8.82. The summed E-state index contributed by atoms with van der Waals surface area (Å²) in [6.45, 7) is 11.7. The fourth-order valence-corrected chi connectivity index (χ4v) is 5.07. The van der Waals surface area contributed by atoms with Gasteiger partial charge in [0.1, 0.15) is 12.7 Å². The SMILES string of the molecule is C=C(C)C(O)CCC(C)C1C2=C(C(=O)OC2)C2CC2C(C)CC1OC(C)=O. The fourth-order valence-electron chi connectivity index (χ4n) is 5.07. The predicted octanol–water partition coefficient (Wildman–Crippen LogP) is 3.42. The zero-order chi connectivity index (χ0) is 19.9. The molecule has 0 spiro atoms. The number of hydrogen-bond acceptors (Lipinski definition) is 5. The van der Waals surface area contributed by atoms with Crippen molar-refractivity contribution < 1.29 is 24.2 Å². The van der Waals surface area contributed by atoms with Crippen LogP contribution in [0.2, 0.25) is 0 Å². The van der Waals surface area contributed by atoms with Gasteiger partial charge in [-0.1, -0.05) is 26.0 Å². The van der Waals surface area contributed by atoms with Crippen molar-refractivity contribution in [2.45, 2.75) is 65.6 Å². The maximum absolute atomic E-state index is 12.4. The highest BCUT2D eigenvalue weighted by atomic mass is 16.5. The summed E-state index contributed by atoms with van der Waals surface area (Å²) < 4.78 is 11.2. The van der Waals surface area contributed by atoms with E-state index in [0.717, 1.165) is 36.0 Å². The number of fused-ring (bicyclic) bond motifs is 2. The molecule has 1 heterocycles. The summed E-state index contributed by atoms with van der Waals surface area (Å²) in [5.74, 6) is 0.831. The molecule has 2 aliphatic carbocycles. The van der Waals surface area contributed by atoms with Crippen molar-refractivity contribution in [3.8, 4) is 0 Å². The first-order valence-corrected chi connectivity index (χ1v) is 10.1. The van der Waals surface area contributed by atoms with Crippen molar-refractivity contribution in [1.29, 1.82) is 0 Å². The molecular weight excluding hydrogens is 344 g/mol. The molecule has 0 amide bonds. The molecule has 3 aliphatic rings. The van der Waals surface area contributed by atoms with Crippen molar-refractivity contribution in [2.24, 2.45) is 29.6 Å². The van der Waals surface area contributed by atoms with E-state index in [1.165, 1.54) is 6.92 Å². The topological polar surface area (TPSA) is 72.8 Å². The smallest absolute Gasteiger partial charge is 0.334 e. The van der Waals surface area contributed by atoms with Crippen LogP contribution in [0.25, 0.3) is 0 Å². The molecule has 150 valence electrons. The average molecular weight is 376 g/mol. The third kappa shape index (κ3) is 4.13. The molecule has 7 unspecified atom stereocenters. The molecule has 7 atom stereocenters. The van der Waals surface area contributed by atoms with Gasteiger partial charge in [-0.3, -0.25) is 4.79 Å². The van der Waals surface area contributed by atoms with Gasteiger partial charge in [0.25, 0.3) is 0 Å². The number of carbonyl (C=O) groups excluding carboxylic acids is 2. The number of cyclic esters (lactones) is 1. The minimum atomic E-state index is -0.533. The molecule has 5 nitrogen and oxygen atoms in total. The van der Waals surface area contributed by atoms with E-state index in [0.29, 0.717) is 30.8 Å². The average Bonchev–Trinajstić information content (AvgIpc) is 3.27. The van der Waals surface area contributed by atoms with Crippen LogP contribution < -0.4 is 0 Å². The van der Waals surface area contributed by atoms with Crippen LogP contribution in [0.5, 0.6) is 0 Å².